The first-order valence-electron chi connectivity index (χ1n) is 8.68. The molecule has 150 valence electrons. The minimum atomic E-state index is -0.847. The second kappa shape index (κ2) is 10.4. The van der Waals surface area contributed by atoms with E-state index in [-0.39, 0.29) is 24.4 Å². The molecule has 1 amide bonds. The predicted molar refractivity (Wildman–Crippen MR) is 103 cm³/mol. The van der Waals surface area contributed by atoms with Crippen LogP contribution in [-0.4, -0.2) is 36.6 Å². The summed E-state index contributed by atoms with van der Waals surface area (Å²) in [7, 11) is 0. The maximum absolute atomic E-state index is 12.5. The summed E-state index contributed by atoms with van der Waals surface area (Å²) >= 11 is 0. The lowest BCUT2D eigenvalue weighted by Crippen LogP contribution is -2.36. The molecule has 0 fully saturated rings. The van der Waals surface area contributed by atoms with E-state index in [9.17, 15) is 19.7 Å². The van der Waals surface area contributed by atoms with Gasteiger partial charge in [0.2, 0.25) is 0 Å². The number of ether oxygens (including phenoxy) is 2. The number of nitro benzene ring substituents is 1. The normalized spacial score (nSPS) is 9.93. The monoisotopic (exact) mass is 397 g/mol. The lowest BCUT2D eigenvalue weighted by Gasteiger charge is -2.21. The van der Waals surface area contributed by atoms with Crippen molar-refractivity contribution in [1.82, 2.24) is 0 Å². The number of amides is 1. The number of nitrogens with zero attached hydrogens (tertiary/aromatic N) is 3. The maximum atomic E-state index is 12.5. The summed E-state index contributed by atoms with van der Waals surface area (Å²) in [4.78, 5) is 36.0. The molecule has 2 aromatic rings. The summed E-state index contributed by atoms with van der Waals surface area (Å²) < 4.78 is 10.1. The van der Waals surface area contributed by atoms with Crippen molar-refractivity contribution in [2.75, 3.05) is 24.7 Å². The molecule has 0 bridgehead atoms. The minimum Gasteiger partial charge on any atom is -0.475 e. The first-order chi connectivity index (χ1) is 13.9. The van der Waals surface area contributed by atoms with Crippen LogP contribution in [-0.2, 0) is 14.3 Å². The fourth-order valence-corrected chi connectivity index (χ4v) is 2.41. The van der Waals surface area contributed by atoms with Crippen molar-refractivity contribution in [1.29, 1.82) is 5.26 Å². The first kappa shape index (κ1) is 21.4. The van der Waals surface area contributed by atoms with Crippen LogP contribution in [0.4, 0.5) is 11.4 Å². The summed E-state index contributed by atoms with van der Waals surface area (Å²) in [5.74, 6) is -1.42. The van der Waals surface area contributed by atoms with Gasteiger partial charge in [-0.05, 0) is 25.1 Å². The van der Waals surface area contributed by atoms with Gasteiger partial charge in [-0.2, -0.15) is 5.26 Å². The van der Waals surface area contributed by atoms with Gasteiger partial charge in [-0.3, -0.25) is 14.9 Å². The van der Waals surface area contributed by atoms with Crippen molar-refractivity contribution in [2.45, 2.75) is 13.3 Å². The number of aryl methyl sites for hydroxylation is 1. The smallest absolute Gasteiger partial charge is 0.344 e. The second-order valence-corrected chi connectivity index (χ2v) is 5.96. The molecule has 0 atom stereocenters. The highest BCUT2D eigenvalue weighted by Crippen LogP contribution is 2.25. The third-order valence-corrected chi connectivity index (χ3v) is 3.86. The third-order valence-electron chi connectivity index (χ3n) is 3.86. The van der Waals surface area contributed by atoms with E-state index in [1.807, 2.05) is 25.1 Å². The Hall–Kier alpha value is -3.93. The first-order valence-corrected chi connectivity index (χ1v) is 8.68. The van der Waals surface area contributed by atoms with Crippen LogP contribution in [0.1, 0.15) is 12.0 Å². The molecular formula is C20H19N3O6. The zero-order chi connectivity index (χ0) is 21.2. The Balaban J connectivity index is 1.93. The molecule has 9 heteroatoms. The fraction of sp³-hybridized carbons (Fsp3) is 0.250. The van der Waals surface area contributed by atoms with E-state index >= 15 is 0 Å². The Bertz CT molecular complexity index is 921. The Morgan fingerprint density at radius 1 is 1.14 bits per heavy atom. The molecular weight excluding hydrogens is 378 g/mol. The molecule has 0 heterocycles. The number of rotatable bonds is 9. The van der Waals surface area contributed by atoms with Gasteiger partial charge in [0.1, 0.15) is 0 Å². The molecule has 29 heavy (non-hydrogen) atoms. The Kier molecular flexibility index (Phi) is 7.68. The van der Waals surface area contributed by atoms with Gasteiger partial charge in [-0.25, -0.2) is 4.79 Å². The zero-order valence-corrected chi connectivity index (χ0v) is 15.7. The van der Waals surface area contributed by atoms with Crippen LogP contribution in [0.3, 0.4) is 0 Å². The number of hydrogen-bond donors (Lipinski definition) is 0. The summed E-state index contributed by atoms with van der Waals surface area (Å²) in [5, 5.41) is 19.7. The quantitative estimate of drug-likeness (QED) is 0.362. The molecule has 0 spiro atoms. The van der Waals surface area contributed by atoms with Crippen LogP contribution in [0.15, 0.2) is 48.5 Å². The highest BCUT2D eigenvalue weighted by molar-refractivity contribution is 5.95. The van der Waals surface area contributed by atoms with Crippen molar-refractivity contribution >= 4 is 23.3 Å². The maximum Gasteiger partial charge on any atom is 0.344 e. The number of hydrogen-bond acceptors (Lipinski definition) is 7. The molecule has 9 nitrogen and oxygen atoms in total. The molecule has 0 aliphatic rings. The van der Waals surface area contributed by atoms with Gasteiger partial charge in [0, 0.05) is 18.3 Å². The van der Waals surface area contributed by atoms with E-state index in [1.54, 1.807) is 12.1 Å². The number of esters is 1. The topological polar surface area (TPSA) is 123 Å². The number of benzene rings is 2. The number of para-hydroxylation sites is 2. The van der Waals surface area contributed by atoms with Gasteiger partial charge < -0.3 is 14.4 Å². The van der Waals surface area contributed by atoms with Crippen LogP contribution < -0.4 is 9.64 Å². The summed E-state index contributed by atoms with van der Waals surface area (Å²) in [6.45, 7) is 0.936. The second-order valence-electron chi connectivity index (χ2n) is 5.96. The van der Waals surface area contributed by atoms with Crippen molar-refractivity contribution in [3.8, 4) is 11.8 Å². The van der Waals surface area contributed by atoms with Crippen molar-refractivity contribution in [3.63, 3.8) is 0 Å². The van der Waals surface area contributed by atoms with Gasteiger partial charge in [0.15, 0.2) is 19.0 Å². The van der Waals surface area contributed by atoms with Gasteiger partial charge >= 0.3 is 11.7 Å². The molecule has 2 aromatic carbocycles. The number of nitro groups is 1. The average molecular weight is 397 g/mol. The predicted octanol–water partition coefficient (Wildman–Crippen LogP) is 2.77. The van der Waals surface area contributed by atoms with Gasteiger partial charge in [0.05, 0.1) is 17.4 Å². The summed E-state index contributed by atoms with van der Waals surface area (Å²) in [5.41, 5.74) is 1.32. The van der Waals surface area contributed by atoms with E-state index < -0.39 is 30.0 Å². The van der Waals surface area contributed by atoms with Gasteiger partial charge in [-0.1, -0.05) is 29.8 Å². The van der Waals surface area contributed by atoms with E-state index in [1.165, 1.54) is 29.2 Å². The molecule has 0 unspecified atom stereocenters. The molecule has 0 aromatic heterocycles. The molecule has 0 radical (unpaired) electrons. The van der Waals surface area contributed by atoms with E-state index in [4.69, 9.17) is 14.7 Å². The molecule has 0 aliphatic carbocycles. The molecule has 0 aliphatic heterocycles. The van der Waals surface area contributed by atoms with Crippen LogP contribution >= 0.6 is 0 Å². The van der Waals surface area contributed by atoms with E-state index in [0.717, 1.165) is 5.56 Å². The van der Waals surface area contributed by atoms with Crippen LogP contribution in [0.25, 0.3) is 0 Å². The van der Waals surface area contributed by atoms with Crippen LogP contribution in [0.5, 0.6) is 5.75 Å². The number of anilines is 1. The fourth-order valence-electron chi connectivity index (χ4n) is 2.41. The van der Waals surface area contributed by atoms with Gasteiger partial charge in [-0.15, -0.1) is 0 Å². The Morgan fingerprint density at radius 2 is 1.83 bits per heavy atom. The number of nitriles is 1. The number of carbonyl (C=O) groups is 2. The van der Waals surface area contributed by atoms with Crippen molar-refractivity contribution in [3.05, 3.63) is 64.2 Å². The SMILES string of the molecule is Cc1ccc(N(CCC#N)C(=O)COC(=O)COc2ccccc2[N+](=O)[O-])cc1. The standard InChI is InChI=1S/C20H19N3O6/c1-15-7-9-16(10-8-15)22(12-4-11-21)19(24)13-29-20(25)14-28-18-6-3-2-5-17(18)23(26)27/h2-3,5-10H,4,12-14H2,1H3. The molecule has 0 saturated heterocycles. The largest absolute Gasteiger partial charge is 0.475 e. The van der Waals surface area contributed by atoms with E-state index in [0.29, 0.717) is 5.69 Å². The van der Waals surface area contributed by atoms with Crippen LogP contribution in [0.2, 0.25) is 0 Å². The molecule has 0 N–H and O–H groups in total. The summed E-state index contributed by atoms with van der Waals surface area (Å²) in [6.07, 6.45) is 0.119. The average Bonchev–Trinajstić information content (AvgIpc) is 2.72. The number of carbonyl (C=O) groups excluding carboxylic acids is 2. The highest BCUT2D eigenvalue weighted by Gasteiger charge is 2.19. The third kappa shape index (κ3) is 6.32. The molecule has 0 saturated carbocycles. The lowest BCUT2D eigenvalue weighted by molar-refractivity contribution is -0.385. The Labute approximate surface area is 167 Å². The van der Waals surface area contributed by atoms with Gasteiger partial charge in [0.25, 0.3) is 5.91 Å². The lowest BCUT2D eigenvalue weighted by atomic mass is 10.2. The van der Waals surface area contributed by atoms with Crippen molar-refractivity contribution in [2.24, 2.45) is 0 Å². The minimum absolute atomic E-state index is 0.0731. The van der Waals surface area contributed by atoms with Crippen LogP contribution in [0, 0.1) is 28.4 Å². The van der Waals surface area contributed by atoms with Crippen molar-refractivity contribution < 1.29 is 24.0 Å². The zero-order valence-electron chi connectivity index (χ0n) is 15.7. The Morgan fingerprint density at radius 3 is 2.48 bits per heavy atom. The summed E-state index contributed by atoms with van der Waals surface area (Å²) in [6, 6.07) is 14.7. The highest BCUT2D eigenvalue weighted by atomic mass is 16.6. The van der Waals surface area contributed by atoms with E-state index in [2.05, 4.69) is 0 Å². The molecule has 2 rings (SSSR count).